The molecule has 0 bridgehead atoms. The fourth-order valence-electron chi connectivity index (χ4n) is 2.25. The number of nitrogens with one attached hydrogen (secondary N) is 1. The third-order valence-corrected chi connectivity index (χ3v) is 7.61. The van der Waals surface area contributed by atoms with E-state index in [1.54, 1.807) is 21.6 Å². The average molecular weight is 416 g/mol. The Morgan fingerprint density at radius 1 is 1.35 bits per heavy atom. The summed E-state index contributed by atoms with van der Waals surface area (Å²) in [6, 6.07) is 0. The Labute approximate surface area is 169 Å². The van der Waals surface area contributed by atoms with Gasteiger partial charge < -0.3 is 10.1 Å². The zero-order valence-electron chi connectivity index (χ0n) is 15.2. The minimum atomic E-state index is -0.556. The molecule has 26 heavy (non-hydrogen) atoms. The van der Waals surface area contributed by atoms with Crippen molar-refractivity contribution in [1.29, 1.82) is 0 Å². The number of carbonyl (C=O) groups is 4. The van der Waals surface area contributed by atoms with Gasteiger partial charge in [-0.15, -0.1) is 0 Å². The SMILES string of the molecule is [B]C(=O)CCC(C)(C)SSCCCC(=O)NCCN1C(=O)CC(S)C1=O. The normalized spacial score (nSPS) is 17.7. The van der Waals surface area contributed by atoms with E-state index in [1.807, 2.05) is 0 Å². The van der Waals surface area contributed by atoms with Crippen LogP contribution in [0, 0.1) is 0 Å². The van der Waals surface area contributed by atoms with Crippen LogP contribution in [0.15, 0.2) is 0 Å². The van der Waals surface area contributed by atoms with E-state index >= 15 is 0 Å². The number of thiol groups is 1. The van der Waals surface area contributed by atoms with E-state index in [-0.39, 0.29) is 47.7 Å². The predicted octanol–water partition coefficient (Wildman–Crippen LogP) is 1.58. The molecule has 2 radical (unpaired) electrons. The van der Waals surface area contributed by atoms with Gasteiger partial charge in [-0.05, 0) is 33.1 Å². The molecule has 1 fully saturated rings. The quantitative estimate of drug-likeness (QED) is 0.165. The summed E-state index contributed by atoms with van der Waals surface area (Å²) in [7, 11) is 8.54. The molecule has 0 saturated carbocycles. The molecule has 10 heteroatoms. The predicted molar refractivity (Wildman–Crippen MR) is 110 cm³/mol. The van der Waals surface area contributed by atoms with Crippen LogP contribution in [0.3, 0.4) is 0 Å². The molecule has 0 aromatic carbocycles. The Hall–Kier alpha value is -0.605. The summed E-state index contributed by atoms with van der Waals surface area (Å²) in [5.41, 5.74) is -0.289. The van der Waals surface area contributed by atoms with E-state index in [2.05, 4.69) is 31.8 Å². The van der Waals surface area contributed by atoms with E-state index in [1.165, 1.54) is 0 Å². The Morgan fingerprint density at radius 3 is 2.62 bits per heavy atom. The topological polar surface area (TPSA) is 83.6 Å². The van der Waals surface area contributed by atoms with Gasteiger partial charge in [0.1, 0.15) is 0 Å². The largest absolute Gasteiger partial charge is 0.354 e. The molecule has 1 aliphatic rings. The highest BCUT2D eigenvalue weighted by molar-refractivity contribution is 8.77. The van der Waals surface area contributed by atoms with E-state index in [0.29, 0.717) is 12.8 Å². The monoisotopic (exact) mass is 416 g/mol. The van der Waals surface area contributed by atoms with E-state index in [9.17, 15) is 19.2 Å². The number of imide groups is 1. The lowest BCUT2D eigenvalue weighted by atomic mass is 9.94. The van der Waals surface area contributed by atoms with Gasteiger partial charge in [0, 0.05) is 36.4 Å². The Kier molecular flexibility index (Phi) is 10.2. The van der Waals surface area contributed by atoms with Crippen molar-refractivity contribution in [1.82, 2.24) is 10.2 Å². The number of likely N-dealkylation sites (tertiary alicyclic amines) is 1. The smallest absolute Gasteiger partial charge is 0.242 e. The lowest BCUT2D eigenvalue weighted by molar-refractivity contribution is -0.138. The number of hydrogen-bond acceptors (Lipinski definition) is 7. The zero-order chi connectivity index (χ0) is 19.7. The molecule has 1 saturated heterocycles. The van der Waals surface area contributed by atoms with Crippen molar-refractivity contribution in [2.24, 2.45) is 0 Å². The van der Waals surface area contributed by atoms with Crippen LogP contribution in [0.5, 0.6) is 0 Å². The average Bonchev–Trinajstić information content (AvgIpc) is 2.79. The number of rotatable bonds is 12. The van der Waals surface area contributed by atoms with E-state index in [0.717, 1.165) is 23.5 Å². The summed E-state index contributed by atoms with van der Waals surface area (Å²) in [6.45, 7) is 4.59. The molecule has 1 unspecified atom stereocenters. The summed E-state index contributed by atoms with van der Waals surface area (Å²) in [4.78, 5) is 47.1. The first-order valence-corrected chi connectivity index (χ1v) is 11.3. The van der Waals surface area contributed by atoms with Crippen LogP contribution in [0.1, 0.15) is 46.0 Å². The van der Waals surface area contributed by atoms with Crippen LogP contribution >= 0.6 is 34.2 Å². The lowest BCUT2D eigenvalue weighted by Crippen LogP contribution is -2.38. The van der Waals surface area contributed by atoms with Crippen molar-refractivity contribution in [2.45, 2.75) is 55.9 Å². The molecule has 0 aromatic heterocycles. The molecule has 0 spiro atoms. The fourth-order valence-corrected chi connectivity index (χ4v) is 5.21. The maximum Gasteiger partial charge on any atom is 0.242 e. The van der Waals surface area contributed by atoms with Crippen LogP contribution in [-0.4, -0.2) is 65.0 Å². The standard InChI is InChI=1S/C16H25BN2O4S3/c1-16(2,6-5-12(17)20)26-25-9-3-4-13(21)18-7-8-19-14(22)10-11(24)15(19)23/h11,24H,3-10H2,1-2H3,(H,18,21). The number of nitrogens with zero attached hydrogens (tertiary/aromatic N) is 1. The molecule has 1 aliphatic heterocycles. The van der Waals surface area contributed by atoms with Gasteiger partial charge in [0.15, 0.2) is 7.85 Å². The van der Waals surface area contributed by atoms with Gasteiger partial charge in [0.25, 0.3) is 0 Å². The molecule has 1 atom stereocenters. The van der Waals surface area contributed by atoms with Crippen LogP contribution in [0.4, 0.5) is 0 Å². The molecule has 6 nitrogen and oxygen atoms in total. The summed E-state index contributed by atoms with van der Waals surface area (Å²) in [5, 5.41) is 2.17. The number of hydrogen-bond donors (Lipinski definition) is 2. The van der Waals surface area contributed by atoms with Crippen molar-refractivity contribution in [3.8, 4) is 0 Å². The Balaban J connectivity index is 2.09. The third-order valence-electron chi connectivity index (χ3n) is 3.77. The maximum absolute atomic E-state index is 11.8. The van der Waals surface area contributed by atoms with Gasteiger partial charge in [0.05, 0.1) is 10.9 Å². The van der Waals surface area contributed by atoms with Crippen LogP contribution in [-0.2, 0) is 19.2 Å². The van der Waals surface area contributed by atoms with Crippen molar-refractivity contribution in [3.05, 3.63) is 0 Å². The number of amides is 3. The van der Waals surface area contributed by atoms with Gasteiger partial charge in [-0.25, -0.2) is 0 Å². The van der Waals surface area contributed by atoms with Crippen molar-refractivity contribution in [2.75, 3.05) is 18.8 Å². The highest BCUT2D eigenvalue weighted by Gasteiger charge is 2.35. The van der Waals surface area contributed by atoms with Crippen LogP contribution in [0.25, 0.3) is 0 Å². The van der Waals surface area contributed by atoms with Crippen molar-refractivity contribution < 1.29 is 19.2 Å². The molecule has 1 N–H and O–H groups in total. The van der Waals surface area contributed by atoms with Gasteiger partial charge in [-0.2, -0.15) is 12.6 Å². The molecule has 0 aromatic rings. The first-order valence-electron chi connectivity index (χ1n) is 8.50. The van der Waals surface area contributed by atoms with Crippen molar-refractivity contribution >= 4 is 65.5 Å². The maximum atomic E-state index is 11.8. The number of carbonyl (C=O) groups excluding carboxylic acids is 4. The van der Waals surface area contributed by atoms with Gasteiger partial charge in [-0.1, -0.05) is 21.6 Å². The minimum absolute atomic E-state index is 0.0401. The van der Waals surface area contributed by atoms with Gasteiger partial charge >= 0.3 is 0 Å². The Morgan fingerprint density at radius 2 is 2.04 bits per heavy atom. The highest BCUT2D eigenvalue weighted by atomic mass is 33.1. The van der Waals surface area contributed by atoms with E-state index in [4.69, 9.17) is 7.85 Å². The highest BCUT2D eigenvalue weighted by Crippen LogP contribution is 2.39. The molecule has 3 amide bonds. The summed E-state index contributed by atoms with van der Waals surface area (Å²) < 4.78 is -0.0401. The summed E-state index contributed by atoms with van der Waals surface area (Å²) in [6.07, 6.45) is 2.35. The fraction of sp³-hybridized carbons (Fsp3) is 0.750. The molecular formula is C16H25BN2O4S3. The molecule has 1 heterocycles. The minimum Gasteiger partial charge on any atom is -0.354 e. The molecular weight excluding hydrogens is 391 g/mol. The molecule has 144 valence electrons. The summed E-state index contributed by atoms with van der Waals surface area (Å²) >= 11 is 4.05. The first kappa shape index (κ1) is 23.4. The van der Waals surface area contributed by atoms with Crippen molar-refractivity contribution in [3.63, 3.8) is 0 Å². The van der Waals surface area contributed by atoms with Crippen LogP contribution < -0.4 is 5.32 Å². The Bertz CT molecular complexity index is 546. The second kappa shape index (κ2) is 11.3. The molecule has 1 rings (SSSR count). The first-order chi connectivity index (χ1) is 12.1. The van der Waals surface area contributed by atoms with E-state index < -0.39 is 5.25 Å². The van der Waals surface area contributed by atoms with Gasteiger partial charge in [-0.3, -0.25) is 19.3 Å². The molecule has 0 aliphatic carbocycles. The lowest BCUT2D eigenvalue weighted by Gasteiger charge is -2.22. The summed E-state index contributed by atoms with van der Waals surface area (Å²) in [5.74, 6) is 0.199. The van der Waals surface area contributed by atoms with Crippen LogP contribution in [0.2, 0.25) is 0 Å². The third kappa shape index (κ3) is 8.86. The second-order valence-corrected chi connectivity index (χ2v) is 10.4. The zero-order valence-corrected chi connectivity index (χ0v) is 17.7. The second-order valence-electron chi connectivity index (χ2n) is 6.69. The van der Waals surface area contributed by atoms with Gasteiger partial charge in [0.2, 0.25) is 17.7 Å².